The van der Waals surface area contributed by atoms with Crippen LogP contribution < -0.4 is 20.1 Å². The summed E-state index contributed by atoms with van der Waals surface area (Å²) in [5.41, 5.74) is 3.09. The van der Waals surface area contributed by atoms with Crippen molar-refractivity contribution in [1.82, 2.24) is 0 Å². The Kier molecular flexibility index (Phi) is 5.35. The standard InChI is InChI=1S/C21H26N2O3/c1-21(2,3)16-6-4-5-7-17(16)22-11-10-20(24)23-15-8-9-18-19(14-15)26-13-12-25-18/h4-9,14,22H,10-13H2,1-3H3,(H,23,24). The molecule has 1 heterocycles. The van der Waals surface area contributed by atoms with Crippen LogP contribution in [0.25, 0.3) is 0 Å². The van der Waals surface area contributed by atoms with Crippen molar-refractivity contribution in [2.24, 2.45) is 0 Å². The van der Waals surface area contributed by atoms with E-state index < -0.39 is 0 Å². The van der Waals surface area contributed by atoms with Crippen LogP contribution in [0.2, 0.25) is 0 Å². The monoisotopic (exact) mass is 354 g/mol. The van der Waals surface area contributed by atoms with Gasteiger partial charge >= 0.3 is 0 Å². The average Bonchev–Trinajstić information content (AvgIpc) is 2.61. The zero-order chi connectivity index (χ0) is 18.6. The molecule has 26 heavy (non-hydrogen) atoms. The molecule has 2 N–H and O–H groups in total. The Morgan fingerprint density at radius 2 is 1.77 bits per heavy atom. The molecule has 2 aromatic carbocycles. The van der Waals surface area contributed by atoms with Gasteiger partial charge in [-0.2, -0.15) is 0 Å². The molecule has 0 radical (unpaired) electrons. The zero-order valence-electron chi connectivity index (χ0n) is 15.6. The Bertz CT molecular complexity index is 781. The molecule has 0 fully saturated rings. The largest absolute Gasteiger partial charge is 0.486 e. The third-order valence-electron chi connectivity index (χ3n) is 4.23. The van der Waals surface area contributed by atoms with Gasteiger partial charge in [0.1, 0.15) is 13.2 Å². The van der Waals surface area contributed by atoms with Crippen molar-refractivity contribution in [2.45, 2.75) is 32.6 Å². The van der Waals surface area contributed by atoms with Crippen LogP contribution >= 0.6 is 0 Å². The van der Waals surface area contributed by atoms with Crippen LogP contribution in [0, 0.1) is 0 Å². The maximum absolute atomic E-state index is 12.2. The summed E-state index contributed by atoms with van der Waals surface area (Å²) in [5.74, 6) is 1.35. The minimum atomic E-state index is -0.0394. The fourth-order valence-electron chi connectivity index (χ4n) is 2.95. The minimum absolute atomic E-state index is 0.0394. The van der Waals surface area contributed by atoms with Crippen molar-refractivity contribution in [3.8, 4) is 11.5 Å². The van der Waals surface area contributed by atoms with E-state index >= 15 is 0 Å². The number of hydrogen-bond donors (Lipinski definition) is 2. The molecule has 1 aliphatic rings. The first-order chi connectivity index (χ1) is 12.4. The molecule has 0 aromatic heterocycles. The zero-order valence-corrected chi connectivity index (χ0v) is 15.6. The quantitative estimate of drug-likeness (QED) is 0.845. The number of fused-ring (bicyclic) bond motifs is 1. The Morgan fingerprint density at radius 3 is 2.54 bits per heavy atom. The van der Waals surface area contributed by atoms with E-state index in [1.165, 1.54) is 5.56 Å². The predicted molar refractivity (Wildman–Crippen MR) is 104 cm³/mol. The van der Waals surface area contributed by atoms with Gasteiger partial charge in [0.25, 0.3) is 0 Å². The van der Waals surface area contributed by atoms with Gasteiger partial charge in [-0.05, 0) is 29.2 Å². The average molecular weight is 354 g/mol. The highest BCUT2D eigenvalue weighted by Gasteiger charge is 2.17. The van der Waals surface area contributed by atoms with Crippen molar-refractivity contribution >= 4 is 17.3 Å². The highest BCUT2D eigenvalue weighted by molar-refractivity contribution is 5.91. The first-order valence-corrected chi connectivity index (χ1v) is 8.96. The summed E-state index contributed by atoms with van der Waals surface area (Å²) >= 11 is 0. The predicted octanol–water partition coefficient (Wildman–Crippen LogP) is 4.20. The number of anilines is 2. The maximum atomic E-state index is 12.2. The fourth-order valence-corrected chi connectivity index (χ4v) is 2.95. The number of ether oxygens (including phenoxy) is 2. The number of carbonyl (C=O) groups excluding carboxylic acids is 1. The van der Waals surface area contributed by atoms with Gasteiger partial charge in [0.2, 0.25) is 5.91 Å². The lowest BCUT2D eigenvalue weighted by atomic mass is 9.86. The molecule has 0 aliphatic carbocycles. The molecule has 1 aliphatic heterocycles. The van der Waals surface area contributed by atoms with Crippen LogP contribution in [-0.4, -0.2) is 25.7 Å². The van der Waals surface area contributed by atoms with E-state index in [2.05, 4.69) is 43.5 Å². The molecule has 138 valence electrons. The Labute approximate surface area is 154 Å². The van der Waals surface area contributed by atoms with Crippen molar-refractivity contribution < 1.29 is 14.3 Å². The molecule has 0 atom stereocenters. The summed E-state index contributed by atoms with van der Waals surface area (Å²) in [7, 11) is 0. The van der Waals surface area contributed by atoms with E-state index in [0.29, 0.717) is 37.6 Å². The van der Waals surface area contributed by atoms with Gasteiger partial charge in [-0.25, -0.2) is 0 Å². The Morgan fingerprint density at radius 1 is 1.04 bits per heavy atom. The van der Waals surface area contributed by atoms with Gasteiger partial charge in [0.15, 0.2) is 11.5 Å². The number of nitrogens with one attached hydrogen (secondary N) is 2. The number of para-hydroxylation sites is 1. The summed E-state index contributed by atoms with van der Waals surface area (Å²) in [4.78, 5) is 12.2. The summed E-state index contributed by atoms with van der Waals surface area (Å²) in [6.45, 7) is 8.21. The van der Waals surface area contributed by atoms with E-state index in [1.807, 2.05) is 24.3 Å². The molecule has 5 nitrogen and oxygen atoms in total. The summed E-state index contributed by atoms with van der Waals surface area (Å²) in [6, 6.07) is 13.7. The number of amides is 1. The normalized spacial score (nSPS) is 13.2. The van der Waals surface area contributed by atoms with E-state index in [-0.39, 0.29) is 11.3 Å². The van der Waals surface area contributed by atoms with E-state index in [9.17, 15) is 4.79 Å². The molecule has 1 amide bonds. The van der Waals surface area contributed by atoms with Crippen LogP contribution in [0.1, 0.15) is 32.8 Å². The van der Waals surface area contributed by atoms with Crippen LogP contribution in [0.4, 0.5) is 11.4 Å². The number of rotatable bonds is 5. The van der Waals surface area contributed by atoms with Gasteiger partial charge in [0.05, 0.1) is 0 Å². The highest BCUT2D eigenvalue weighted by Crippen LogP contribution is 2.32. The third-order valence-corrected chi connectivity index (χ3v) is 4.23. The lowest BCUT2D eigenvalue weighted by molar-refractivity contribution is -0.115. The molecule has 5 heteroatoms. The fraction of sp³-hybridized carbons (Fsp3) is 0.381. The van der Waals surface area contributed by atoms with Gasteiger partial charge in [-0.15, -0.1) is 0 Å². The molecule has 0 saturated heterocycles. The Balaban J connectivity index is 1.54. The number of carbonyl (C=O) groups is 1. The van der Waals surface area contributed by atoms with Crippen molar-refractivity contribution in [3.05, 3.63) is 48.0 Å². The number of hydrogen-bond acceptors (Lipinski definition) is 4. The Hall–Kier alpha value is -2.69. The molecular weight excluding hydrogens is 328 g/mol. The molecule has 0 bridgehead atoms. The SMILES string of the molecule is CC(C)(C)c1ccccc1NCCC(=O)Nc1ccc2c(c1)OCCO2. The molecule has 0 saturated carbocycles. The minimum Gasteiger partial charge on any atom is -0.486 e. The first kappa shape index (κ1) is 18.1. The van der Waals surface area contributed by atoms with Crippen LogP contribution in [0.5, 0.6) is 11.5 Å². The van der Waals surface area contributed by atoms with Crippen LogP contribution in [-0.2, 0) is 10.2 Å². The lowest BCUT2D eigenvalue weighted by Crippen LogP contribution is -2.19. The molecule has 2 aromatic rings. The second-order valence-corrected chi connectivity index (χ2v) is 7.38. The molecule has 0 spiro atoms. The summed E-state index contributed by atoms with van der Waals surface area (Å²) in [5, 5.41) is 6.29. The molecule has 0 unspecified atom stereocenters. The lowest BCUT2D eigenvalue weighted by Gasteiger charge is -2.23. The van der Waals surface area contributed by atoms with Gasteiger partial charge in [-0.3, -0.25) is 4.79 Å². The highest BCUT2D eigenvalue weighted by atomic mass is 16.6. The van der Waals surface area contributed by atoms with Crippen molar-refractivity contribution in [1.29, 1.82) is 0 Å². The van der Waals surface area contributed by atoms with Gasteiger partial charge in [-0.1, -0.05) is 39.0 Å². The van der Waals surface area contributed by atoms with E-state index in [4.69, 9.17) is 9.47 Å². The smallest absolute Gasteiger partial charge is 0.226 e. The van der Waals surface area contributed by atoms with Gasteiger partial charge in [0, 0.05) is 30.4 Å². The van der Waals surface area contributed by atoms with E-state index in [0.717, 1.165) is 11.4 Å². The number of benzene rings is 2. The van der Waals surface area contributed by atoms with Crippen LogP contribution in [0.15, 0.2) is 42.5 Å². The second kappa shape index (κ2) is 7.68. The second-order valence-electron chi connectivity index (χ2n) is 7.38. The van der Waals surface area contributed by atoms with Crippen molar-refractivity contribution in [2.75, 3.05) is 30.4 Å². The first-order valence-electron chi connectivity index (χ1n) is 8.96. The van der Waals surface area contributed by atoms with Crippen LogP contribution in [0.3, 0.4) is 0 Å². The van der Waals surface area contributed by atoms with Gasteiger partial charge < -0.3 is 20.1 Å². The maximum Gasteiger partial charge on any atom is 0.226 e. The summed E-state index contributed by atoms with van der Waals surface area (Å²) in [6.07, 6.45) is 0.382. The molecule has 3 rings (SSSR count). The molecular formula is C21H26N2O3. The summed E-state index contributed by atoms with van der Waals surface area (Å²) < 4.78 is 11.0. The topological polar surface area (TPSA) is 59.6 Å². The van der Waals surface area contributed by atoms with Crippen molar-refractivity contribution in [3.63, 3.8) is 0 Å². The van der Waals surface area contributed by atoms with E-state index in [1.54, 1.807) is 6.07 Å². The third kappa shape index (κ3) is 4.48.